The number of rotatable bonds is 5. The molecule has 0 unspecified atom stereocenters. The van der Waals surface area contributed by atoms with Gasteiger partial charge in [0.25, 0.3) is 0 Å². The first-order valence-electron chi connectivity index (χ1n) is 14.0. The molecule has 0 radical (unpaired) electrons. The second-order valence-electron chi connectivity index (χ2n) is 10.9. The first-order chi connectivity index (χ1) is 21.7. The molecule has 0 aliphatic carbocycles. The molecule has 4 heterocycles. The molecule has 13 heteroatoms. The highest BCUT2D eigenvalue weighted by Gasteiger charge is 2.59. The molecule has 2 aliphatic rings. The number of pyridine rings is 1. The number of fused-ring (bicyclic) bond motifs is 3. The summed E-state index contributed by atoms with van der Waals surface area (Å²) >= 11 is 0. The summed E-state index contributed by atoms with van der Waals surface area (Å²) in [5.41, 5.74) is -0.336. The van der Waals surface area contributed by atoms with Gasteiger partial charge in [0.1, 0.15) is 11.5 Å². The molecule has 45 heavy (non-hydrogen) atoms. The summed E-state index contributed by atoms with van der Waals surface area (Å²) in [4.78, 5) is 20.7. The number of carbonyl (C=O) groups excluding carboxylic acids is 1. The van der Waals surface area contributed by atoms with Gasteiger partial charge in [0.2, 0.25) is 5.91 Å². The van der Waals surface area contributed by atoms with Crippen LogP contribution in [0.4, 0.5) is 24.5 Å². The number of hydrogen-bond donors (Lipinski definition) is 1. The van der Waals surface area contributed by atoms with Gasteiger partial charge in [0, 0.05) is 47.4 Å². The van der Waals surface area contributed by atoms with Crippen LogP contribution in [0.25, 0.3) is 22.5 Å². The zero-order valence-corrected chi connectivity index (χ0v) is 23.5. The third-order valence-corrected chi connectivity index (χ3v) is 8.28. The number of aliphatic hydroxyl groups is 1. The van der Waals surface area contributed by atoms with E-state index in [1.54, 1.807) is 41.3 Å². The zero-order chi connectivity index (χ0) is 31.3. The van der Waals surface area contributed by atoms with Gasteiger partial charge in [-0.2, -0.15) is 14.0 Å². The molecule has 1 amide bonds. The van der Waals surface area contributed by atoms with Crippen LogP contribution in [0.3, 0.4) is 0 Å². The molecule has 7 rings (SSSR count). The van der Waals surface area contributed by atoms with Crippen molar-refractivity contribution in [1.29, 1.82) is 5.26 Å². The number of anilines is 2. The molecule has 5 aromatic rings. The van der Waals surface area contributed by atoms with E-state index in [0.29, 0.717) is 35.5 Å². The average Bonchev–Trinajstić information content (AvgIpc) is 3.53. The molecule has 2 aliphatic heterocycles. The molecule has 3 aromatic carbocycles. The van der Waals surface area contributed by atoms with Crippen molar-refractivity contribution in [1.82, 2.24) is 25.2 Å². The number of tetrazole rings is 1. The number of hydrogen-bond acceptors (Lipinski definition) is 8. The third kappa shape index (κ3) is 4.67. The minimum absolute atomic E-state index is 0.0284. The fourth-order valence-electron chi connectivity index (χ4n) is 5.85. The van der Waals surface area contributed by atoms with Gasteiger partial charge in [-0.3, -0.25) is 9.78 Å². The van der Waals surface area contributed by atoms with Crippen LogP contribution in [-0.2, 0) is 22.9 Å². The van der Waals surface area contributed by atoms with E-state index >= 15 is 8.78 Å². The van der Waals surface area contributed by atoms with Crippen molar-refractivity contribution in [3.63, 3.8) is 0 Å². The Labute approximate surface area is 254 Å². The van der Waals surface area contributed by atoms with E-state index in [-0.39, 0.29) is 29.4 Å². The number of carbonyl (C=O) groups is 1. The van der Waals surface area contributed by atoms with E-state index in [0.717, 1.165) is 34.6 Å². The molecule has 10 nitrogen and oxygen atoms in total. The lowest BCUT2D eigenvalue weighted by Gasteiger charge is -2.39. The Kier molecular flexibility index (Phi) is 6.59. The Morgan fingerprint density at radius 2 is 1.67 bits per heavy atom. The molecule has 0 spiro atoms. The van der Waals surface area contributed by atoms with Crippen molar-refractivity contribution >= 4 is 17.3 Å². The van der Waals surface area contributed by atoms with Gasteiger partial charge in [-0.25, -0.2) is 9.07 Å². The fraction of sp³-hybridized carbons (Fsp3) is 0.188. The summed E-state index contributed by atoms with van der Waals surface area (Å²) in [5.74, 6) is -4.58. The Morgan fingerprint density at radius 1 is 0.933 bits per heavy atom. The molecule has 1 fully saturated rings. The van der Waals surface area contributed by atoms with Crippen LogP contribution in [0.1, 0.15) is 16.8 Å². The zero-order valence-electron chi connectivity index (χ0n) is 23.5. The second kappa shape index (κ2) is 10.5. The summed E-state index contributed by atoms with van der Waals surface area (Å²) in [7, 11) is 0. The Hall–Kier alpha value is -5.61. The maximum atomic E-state index is 16.1. The van der Waals surface area contributed by atoms with Crippen LogP contribution in [0.5, 0.6) is 0 Å². The van der Waals surface area contributed by atoms with Crippen LogP contribution in [-0.4, -0.2) is 55.8 Å². The van der Waals surface area contributed by atoms with Gasteiger partial charge in [-0.1, -0.05) is 24.3 Å². The lowest BCUT2D eigenvalue weighted by Crippen LogP contribution is -2.50. The number of aromatic nitrogens is 5. The fourth-order valence-corrected chi connectivity index (χ4v) is 5.85. The van der Waals surface area contributed by atoms with E-state index < -0.39 is 29.6 Å². The van der Waals surface area contributed by atoms with Gasteiger partial charge >= 0.3 is 5.92 Å². The standard InChI is InChI=1S/C32H23F3N8O2/c33-23-6-11-27-26(15-23)30-38-39-40-43(30)19-31(27,45)32(34,35)28-12-5-22(17-37-28)21-3-9-25(10-4-21)42-14-13-41(18-29(42)44)24-7-1-20(16-36)2-8-24/h1-12,15,17,45H,13-14,18-19H2/t31-/m0/s1. The molecule has 2 aromatic heterocycles. The number of amides is 1. The Bertz CT molecular complexity index is 1960. The van der Waals surface area contributed by atoms with Crippen molar-refractivity contribution in [2.24, 2.45) is 0 Å². The Balaban J connectivity index is 1.08. The monoisotopic (exact) mass is 608 g/mol. The number of alkyl halides is 2. The first kappa shape index (κ1) is 28.2. The van der Waals surface area contributed by atoms with Gasteiger partial charge < -0.3 is 14.9 Å². The van der Waals surface area contributed by atoms with Crippen molar-refractivity contribution in [3.8, 4) is 28.6 Å². The van der Waals surface area contributed by atoms with Crippen molar-refractivity contribution in [2.75, 3.05) is 29.4 Å². The van der Waals surface area contributed by atoms with Crippen LogP contribution < -0.4 is 9.80 Å². The molecule has 1 saturated heterocycles. The van der Waals surface area contributed by atoms with Crippen molar-refractivity contribution in [2.45, 2.75) is 18.1 Å². The highest BCUT2D eigenvalue weighted by atomic mass is 19.3. The molecule has 1 N–H and O–H groups in total. The predicted molar refractivity (Wildman–Crippen MR) is 156 cm³/mol. The van der Waals surface area contributed by atoms with Gasteiger partial charge in [-0.05, 0) is 70.6 Å². The maximum absolute atomic E-state index is 16.1. The summed E-state index contributed by atoms with van der Waals surface area (Å²) in [5, 5.41) is 31.4. The van der Waals surface area contributed by atoms with Crippen LogP contribution >= 0.6 is 0 Å². The first-order valence-corrected chi connectivity index (χ1v) is 14.0. The number of benzene rings is 3. The van der Waals surface area contributed by atoms with Gasteiger partial charge in [-0.15, -0.1) is 5.10 Å². The van der Waals surface area contributed by atoms with E-state index in [4.69, 9.17) is 5.26 Å². The van der Waals surface area contributed by atoms with Gasteiger partial charge in [0.05, 0.1) is 24.7 Å². The smallest absolute Gasteiger partial charge is 0.323 e. The van der Waals surface area contributed by atoms with Crippen LogP contribution in [0.2, 0.25) is 0 Å². The van der Waals surface area contributed by atoms with Gasteiger partial charge in [0.15, 0.2) is 11.4 Å². The normalized spacial score (nSPS) is 17.9. The van der Waals surface area contributed by atoms with E-state index in [1.165, 1.54) is 12.3 Å². The van der Waals surface area contributed by atoms with Crippen LogP contribution in [0.15, 0.2) is 85.1 Å². The summed E-state index contributed by atoms with van der Waals surface area (Å²) in [6, 6.07) is 22.1. The van der Waals surface area contributed by atoms with Crippen LogP contribution in [0, 0.1) is 17.1 Å². The minimum Gasteiger partial charge on any atom is -0.377 e. The molecular weight excluding hydrogens is 585 g/mol. The summed E-state index contributed by atoms with van der Waals surface area (Å²) < 4.78 is 47.2. The van der Waals surface area contributed by atoms with E-state index in [1.807, 2.05) is 17.0 Å². The molecule has 224 valence electrons. The lowest BCUT2D eigenvalue weighted by atomic mass is 9.80. The second-order valence-corrected chi connectivity index (χ2v) is 10.9. The number of nitriles is 1. The summed E-state index contributed by atoms with van der Waals surface area (Å²) in [6.45, 7) is 0.605. The van der Waals surface area contributed by atoms with E-state index in [2.05, 4.69) is 26.6 Å². The lowest BCUT2D eigenvalue weighted by molar-refractivity contribution is -0.207. The third-order valence-electron chi connectivity index (χ3n) is 8.28. The molecular formula is C32H23F3N8O2. The predicted octanol–water partition coefficient (Wildman–Crippen LogP) is 4.26. The Morgan fingerprint density at radius 3 is 2.36 bits per heavy atom. The maximum Gasteiger partial charge on any atom is 0.323 e. The minimum atomic E-state index is -3.90. The highest BCUT2D eigenvalue weighted by Crippen LogP contribution is 2.50. The average molecular weight is 609 g/mol. The number of nitrogens with zero attached hydrogens (tertiary/aromatic N) is 8. The van der Waals surface area contributed by atoms with E-state index in [9.17, 15) is 14.3 Å². The molecule has 0 bridgehead atoms. The summed E-state index contributed by atoms with van der Waals surface area (Å²) in [6.07, 6.45) is 1.29. The quantitative estimate of drug-likeness (QED) is 0.314. The number of piperazine rings is 1. The molecule has 1 atom stereocenters. The largest absolute Gasteiger partial charge is 0.377 e. The van der Waals surface area contributed by atoms with Crippen molar-refractivity contribution < 1.29 is 23.1 Å². The highest BCUT2D eigenvalue weighted by molar-refractivity contribution is 5.98. The topological polar surface area (TPSA) is 124 Å². The van der Waals surface area contributed by atoms with Crippen molar-refractivity contribution in [3.05, 3.63) is 108 Å². The molecule has 0 saturated carbocycles. The number of halogens is 3. The SMILES string of the molecule is N#Cc1ccc(N2CCN(c3ccc(-c4ccc(C(F)(F)[C@]5(O)Cn6nnnc6-c6cc(F)ccc65)nc4)cc3)C(=O)C2)cc1.